The van der Waals surface area contributed by atoms with E-state index in [-0.39, 0.29) is 0 Å². The van der Waals surface area contributed by atoms with E-state index >= 15 is 0 Å². The molecule has 0 radical (unpaired) electrons. The third-order valence-corrected chi connectivity index (χ3v) is 1.95. The summed E-state index contributed by atoms with van der Waals surface area (Å²) in [6, 6.07) is 0. The van der Waals surface area contributed by atoms with E-state index in [2.05, 4.69) is 13.2 Å². The molecule has 0 atom stereocenters. The lowest BCUT2D eigenvalue weighted by Crippen LogP contribution is -1.82. The summed E-state index contributed by atoms with van der Waals surface area (Å²) < 4.78 is 0. The van der Waals surface area contributed by atoms with Crippen molar-refractivity contribution in [2.75, 3.05) is 0 Å². The van der Waals surface area contributed by atoms with Crippen LogP contribution in [0.1, 0.15) is 20.8 Å². The molecule has 0 nitrogen and oxygen atoms in total. The number of hydrogen-bond donors (Lipinski definition) is 0. The van der Waals surface area contributed by atoms with Crippen LogP contribution in [-0.2, 0) is 0 Å². The second-order valence-corrected chi connectivity index (χ2v) is 2.88. The van der Waals surface area contributed by atoms with Crippen LogP contribution in [0.25, 0.3) is 0 Å². The van der Waals surface area contributed by atoms with E-state index < -0.39 is 0 Å². The first-order valence-corrected chi connectivity index (χ1v) is 3.52. The highest BCUT2D eigenvalue weighted by Gasteiger charge is 1.99. The van der Waals surface area contributed by atoms with Gasteiger partial charge in [-0.2, -0.15) is 0 Å². The summed E-state index contributed by atoms with van der Waals surface area (Å²) in [6.07, 6.45) is 0. The van der Waals surface area contributed by atoms with E-state index in [0.717, 1.165) is 21.8 Å². The largest absolute Gasteiger partial charge is 0.0958 e. The first-order chi connectivity index (χ1) is 4.46. The summed E-state index contributed by atoms with van der Waals surface area (Å²) in [5, 5.41) is 0.729. The Balaban J connectivity index is 4.67. The molecular weight excluding hydrogens is 144 g/mol. The van der Waals surface area contributed by atoms with Crippen molar-refractivity contribution in [1.29, 1.82) is 0 Å². The van der Waals surface area contributed by atoms with Crippen molar-refractivity contribution in [3.8, 4) is 0 Å². The van der Waals surface area contributed by atoms with Gasteiger partial charge in [0, 0.05) is 5.03 Å². The fourth-order valence-electron chi connectivity index (χ4n) is 0.507. The molecular formula is C9H13Cl. The molecule has 0 spiro atoms. The van der Waals surface area contributed by atoms with Gasteiger partial charge in [0.2, 0.25) is 0 Å². The molecule has 0 amide bonds. The van der Waals surface area contributed by atoms with Crippen LogP contribution in [0.3, 0.4) is 0 Å². The average Bonchev–Trinajstić information content (AvgIpc) is 1.84. The maximum absolute atomic E-state index is 5.88. The van der Waals surface area contributed by atoms with Gasteiger partial charge in [-0.1, -0.05) is 30.3 Å². The van der Waals surface area contributed by atoms with Crippen LogP contribution in [0.5, 0.6) is 0 Å². The molecule has 0 aliphatic rings. The van der Waals surface area contributed by atoms with Crippen molar-refractivity contribution < 1.29 is 0 Å². The van der Waals surface area contributed by atoms with Gasteiger partial charge in [-0.25, -0.2) is 0 Å². The molecule has 0 aliphatic carbocycles. The van der Waals surface area contributed by atoms with Gasteiger partial charge in [0.1, 0.15) is 0 Å². The van der Waals surface area contributed by atoms with Crippen LogP contribution in [0, 0.1) is 0 Å². The lowest BCUT2D eigenvalue weighted by atomic mass is 10.1. The van der Waals surface area contributed by atoms with Crippen LogP contribution < -0.4 is 0 Å². The molecule has 0 aromatic heterocycles. The Bertz CT molecular complexity index is 175. The molecule has 10 heavy (non-hydrogen) atoms. The highest BCUT2D eigenvalue weighted by molar-refractivity contribution is 6.32. The Morgan fingerprint density at radius 2 is 1.40 bits per heavy atom. The van der Waals surface area contributed by atoms with Crippen molar-refractivity contribution >= 4 is 11.6 Å². The first kappa shape index (κ1) is 9.51. The topological polar surface area (TPSA) is 0 Å². The summed E-state index contributed by atoms with van der Waals surface area (Å²) in [6.45, 7) is 13.3. The maximum Gasteiger partial charge on any atom is 0.0460 e. The Labute approximate surface area is 67.9 Å². The van der Waals surface area contributed by atoms with Crippen molar-refractivity contribution in [3.05, 3.63) is 34.9 Å². The summed E-state index contributed by atoms with van der Waals surface area (Å²) in [5.74, 6) is 0. The number of halogens is 1. The van der Waals surface area contributed by atoms with E-state index in [9.17, 15) is 0 Å². The van der Waals surface area contributed by atoms with Crippen LogP contribution in [0.4, 0.5) is 0 Å². The SMILES string of the molecule is C=C(C)/C(C)=C(/Cl)C(=C)C. The summed E-state index contributed by atoms with van der Waals surface area (Å²) >= 11 is 5.88. The third-order valence-electron chi connectivity index (χ3n) is 1.34. The van der Waals surface area contributed by atoms with Crippen LogP contribution in [0.15, 0.2) is 34.9 Å². The molecule has 0 unspecified atom stereocenters. The van der Waals surface area contributed by atoms with Gasteiger partial charge in [0.05, 0.1) is 0 Å². The van der Waals surface area contributed by atoms with Gasteiger partial charge in [-0.05, 0) is 31.9 Å². The van der Waals surface area contributed by atoms with Gasteiger partial charge in [0.15, 0.2) is 0 Å². The predicted molar refractivity (Wildman–Crippen MR) is 48.2 cm³/mol. The highest BCUT2D eigenvalue weighted by atomic mass is 35.5. The van der Waals surface area contributed by atoms with Gasteiger partial charge >= 0.3 is 0 Å². The first-order valence-electron chi connectivity index (χ1n) is 3.15. The van der Waals surface area contributed by atoms with E-state index in [1.807, 2.05) is 20.8 Å². The van der Waals surface area contributed by atoms with Crippen molar-refractivity contribution in [2.24, 2.45) is 0 Å². The molecule has 0 rings (SSSR count). The quantitative estimate of drug-likeness (QED) is 0.536. The molecule has 56 valence electrons. The number of hydrogen-bond acceptors (Lipinski definition) is 0. The Morgan fingerprint density at radius 3 is 1.50 bits per heavy atom. The molecule has 0 aromatic rings. The van der Waals surface area contributed by atoms with Gasteiger partial charge < -0.3 is 0 Å². The van der Waals surface area contributed by atoms with Gasteiger partial charge in [-0.3, -0.25) is 0 Å². The fraction of sp³-hybridized carbons (Fsp3) is 0.333. The van der Waals surface area contributed by atoms with Crippen LogP contribution >= 0.6 is 11.6 Å². The highest BCUT2D eigenvalue weighted by Crippen LogP contribution is 2.21. The molecule has 0 fully saturated rings. The van der Waals surface area contributed by atoms with Gasteiger partial charge in [0.25, 0.3) is 0 Å². The average molecular weight is 157 g/mol. The lowest BCUT2D eigenvalue weighted by molar-refractivity contribution is 1.32. The number of rotatable bonds is 2. The number of allylic oxidation sites excluding steroid dienone is 4. The molecule has 0 aromatic carbocycles. The zero-order valence-corrected chi connectivity index (χ0v) is 7.55. The smallest absolute Gasteiger partial charge is 0.0460 e. The van der Waals surface area contributed by atoms with E-state index in [1.165, 1.54) is 0 Å². The molecule has 0 saturated carbocycles. The van der Waals surface area contributed by atoms with Crippen LogP contribution in [-0.4, -0.2) is 0 Å². The molecule has 1 heteroatoms. The fourth-order valence-corrected chi connectivity index (χ4v) is 0.669. The maximum atomic E-state index is 5.88. The minimum atomic E-state index is 0.729. The minimum absolute atomic E-state index is 0.729. The standard InChI is InChI=1S/C9H13Cl/c1-6(2)8(5)9(10)7(3)4/h1,3H2,2,4-5H3/b9-8+. The monoisotopic (exact) mass is 156 g/mol. The van der Waals surface area contributed by atoms with E-state index in [4.69, 9.17) is 11.6 Å². The minimum Gasteiger partial charge on any atom is -0.0958 e. The molecule has 0 N–H and O–H groups in total. The molecule has 0 bridgehead atoms. The summed E-state index contributed by atoms with van der Waals surface area (Å²) in [4.78, 5) is 0. The summed E-state index contributed by atoms with van der Waals surface area (Å²) in [7, 11) is 0. The molecule has 0 aliphatic heterocycles. The second kappa shape index (κ2) is 3.62. The van der Waals surface area contributed by atoms with Crippen LogP contribution in [0.2, 0.25) is 0 Å². The zero-order valence-electron chi connectivity index (χ0n) is 6.79. The van der Waals surface area contributed by atoms with E-state index in [0.29, 0.717) is 0 Å². The third kappa shape index (κ3) is 2.40. The predicted octanol–water partition coefficient (Wildman–Crippen LogP) is 3.65. The van der Waals surface area contributed by atoms with Crippen molar-refractivity contribution in [1.82, 2.24) is 0 Å². The normalized spacial score (nSPS) is 12.4. The van der Waals surface area contributed by atoms with Crippen molar-refractivity contribution in [3.63, 3.8) is 0 Å². The van der Waals surface area contributed by atoms with E-state index in [1.54, 1.807) is 0 Å². The van der Waals surface area contributed by atoms with Gasteiger partial charge in [-0.15, -0.1) is 0 Å². The molecule has 0 heterocycles. The Hall–Kier alpha value is -0.490. The van der Waals surface area contributed by atoms with Crippen molar-refractivity contribution in [2.45, 2.75) is 20.8 Å². The Morgan fingerprint density at radius 1 is 1.00 bits per heavy atom. The second-order valence-electron chi connectivity index (χ2n) is 2.50. The summed E-state index contributed by atoms with van der Waals surface area (Å²) in [5.41, 5.74) is 2.91. The lowest BCUT2D eigenvalue weighted by Gasteiger charge is -2.03. The Kier molecular flexibility index (Phi) is 3.45. The zero-order chi connectivity index (χ0) is 8.31. The molecule has 0 saturated heterocycles.